The van der Waals surface area contributed by atoms with Gasteiger partial charge in [0, 0.05) is 24.7 Å². The van der Waals surface area contributed by atoms with E-state index in [0.717, 1.165) is 13.1 Å². The second kappa shape index (κ2) is 8.62. The molecule has 0 unspecified atom stereocenters. The Hall–Kier alpha value is -1.67. The van der Waals surface area contributed by atoms with Crippen LogP contribution in [0.2, 0.25) is 0 Å². The SMILES string of the molecule is CCN(CC)[C@@H](C)CNC(=O)c1cc(Br)nc(N2CC[C@H]2C(=O)O)c1. The molecule has 2 atom stereocenters. The van der Waals surface area contributed by atoms with Crippen LogP contribution in [0, 0.1) is 0 Å². The van der Waals surface area contributed by atoms with Gasteiger partial charge in [-0.05, 0) is 54.5 Å². The van der Waals surface area contributed by atoms with Crippen LogP contribution >= 0.6 is 15.9 Å². The first kappa shape index (κ1) is 19.7. The number of carbonyl (C=O) groups is 2. The number of amides is 1. The number of rotatable bonds is 8. The molecule has 1 aliphatic heterocycles. The van der Waals surface area contributed by atoms with Crippen LogP contribution in [0.4, 0.5) is 5.82 Å². The van der Waals surface area contributed by atoms with E-state index in [9.17, 15) is 14.7 Å². The fraction of sp³-hybridized carbons (Fsp3) is 0.588. The first-order valence-corrected chi connectivity index (χ1v) is 9.35. The molecule has 1 aromatic rings. The third-order valence-corrected chi connectivity index (χ3v) is 5.04. The molecule has 0 aliphatic carbocycles. The molecule has 0 aromatic carbocycles. The molecule has 1 fully saturated rings. The molecule has 138 valence electrons. The number of anilines is 1. The Kier molecular flexibility index (Phi) is 6.78. The molecule has 0 radical (unpaired) electrons. The zero-order valence-corrected chi connectivity index (χ0v) is 16.4. The van der Waals surface area contributed by atoms with E-state index in [-0.39, 0.29) is 11.9 Å². The smallest absolute Gasteiger partial charge is 0.326 e. The monoisotopic (exact) mass is 412 g/mol. The Labute approximate surface area is 156 Å². The van der Waals surface area contributed by atoms with Crippen molar-refractivity contribution in [3.63, 3.8) is 0 Å². The molecule has 7 nitrogen and oxygen atoms in total. The van der Waals surface area contributed by atoms with Gasteiger partial charge in [-0.1, -0.05) is 13.8 Å². The highest BCUT2D eigenvalue weighted by Crippen LogP contribution is 2.27. The number of nitrogens with one attached hydrogen (secondary N) is 1. The van der Waals surface area contributed by atoms with Crippen LogP contribution in [0.3, 0.4) is 0 Å². The number of nitrogens with zero attached hydrogens (tertiary/aromatic N) is 3. The van der Waals surface area contributed by atoms with Gasteiger partial charge in [-0.25, -0.2) is 9.78 Å². The molecule has 25 heavy (non-hydrogen) atoms. The van der Waals surface area contributed by atoms with E-state index in [0.29, 0.717) is 35.5 Å². The topological polar surface area (TPSA) is 85.8 Å². The quantitative estimate of drug-likeness (QED) is 0.634. The number of likely N-dealkylation sites (N-methyl/N-ethyl adjacent to an activating group) is 1. The van der Waals surface area contributed by atoms with Crippen LogP contribution in [-0.2, 0) is 4.79 Å². The van der Waals surface area contributed by atoms with E-state index in [4.69, 9.17) is 0 Å². The van der Waals surface area contributed by atoms with Crippen molar-refractivity contribution in [3.8, 4) is 0 Å². The van der Waals surface area contributed by atoms with E-state index in [1.165, 1.54) is 0 Å². The molecular formula is C17H25BrN4O3. The summed E-state index contributed by atoms with van der Waals surface area (Å²) < 4.78 is 0.517. The van der Waals surface area contributed by atoms with Crippen molar-refractivity contribution < 1.29 is 14.7 Å². The average molecular weight is 413 g/mol. The number of aliphatic carboxylic acids is 1. The van der Waals surface area contributed by atoms with Crippen molar-refractivity contribution in [2.75, 3.05) is 31.1 Å². The molecule has 1 aromatic heterocycles. The fourth-order valence-corrected chi connectivity index (χ4v) is 3.43. The number of carbonyl (C=O) groups excluding carboxylic acids is 1. The summed E-state index contributed by atoms with van der Waals surface area (Å²) in [5.41, 5.74) is 0.472. The molecule has 2 heterocycles. The normalized spacial score (nSPS) is 18.0. The molecule has 1 aliphatic rings. The lowest BCUT2D eigenvalue weighted by Crippen LogP contribution is -2.53. The maximum atomic E-state index is 12.5. The van der Waals surface area contributed by atoms with Gasteiger partial charge in [0.1, 0.15) is 16.5 Å². The average Bonchev–Trinajstić information content (AvgIpc) is 2.51. The highest BCUT2D eigenvalue weighted by molar-refractivity contribution is 9.10. The lowest BCUT2D eigenvalue weighted by atomic mass is 10.0. The maximum absolute atomic E-state index is 12.5. The summed E-state index contributed by atoms with van der Waals surface area (Å²) in [6, 6.07) is 2.98. The summed E-state index contributed by atoms with van der Waals surface area (Å²) in [5.74, 6) is -0.544. The third kappa shape index (κ3) is 4.70. The molecule has 0 bridgehead atoms. The summed E-state index contributed by atoms with van der Waals surface area (Å²) in [6.07, 6.45) is 0.590. The Bertz CT molecular complexity index is 636. The fourth-order valence-electron chi connectivity index (χ4n) is 3.00. The van der Waals surface area contributed by atoms with Gasteiger partial charge in [-0.2, -0.15) is 0 Å². The van der Waals surface area contributed by atoms with Crippen molar-refractivity contribution in [3.05, 3.63) is 22.3 Å². The summed E-state index contributed by atoms with van der Waals surface area (Å²) in [4.78, 5) is 32.0. The highest BCUT2D eigenvalue weighted by Gasteiger charge is 2.35. The molecule has 0 spiro atoms. The van der Waals surface area contributed by atoms with Crippen LogP contribution in [0.15, 0.2) is 16.7 Å². The highest BCUT2D eigenvalue weighted by atomic mass is 79.9. The Morgan fingerprint density at radius 2 is 2.12 bits per heavy atom. The van der Waals surface area contributed by atoms with E-state index in [1.54, 1.807) is 17.0 Å². The summed E-state index contributed by atoms with van der Waals surface area (Å²) in [7, 11) is 0. The Morgan fingerprint density at radius 1 is 1.44 bits per heavy atom. The standard InChI is InChI=1S/C17H25BrN4O3/c1-4-21(5-2)11(3)10-19-16(23)12-8-14(18)20-15(9-12)22-7-6-13(22)17(24)25/h8-9,11,13H,4-7,10H2,1-3H3,(H,19,23)(H,24,25)/t11-,13-/m0/s1. The lowest BCUT2D eigenvalue weighted by Gasteiger charge is -2.39. The van der Waals surface area contributed by atoms with Gasteiger partial charge in [0.05, 0.1) is 0 Å². The zero-order valence-electron chi connectivity index (χ0n) is 14.8. The second-order valence-electron chi connectivity index (χ2n) is 6.15. The minimum absolute atomic E-state index is 0.184. The molecule has 1 saturated heterocycles. The van der Waals surface area contributed by atoms with Crippen LogP contribution in [-0.4, -0.2) is 65.1 Å². The molecule has 1 amide bonds. The Morgan fingerprint density at radius 3 is 2.64 bits per heavy atom. The lowest BCUT2D eigenvalue weighted by molar-refractivity contribution is -0.140. The maximum Gasteiger partial charge on any atom is 0.326 e. The number of hydrogen-bond donors (Lipinski definition) is 2. The number of carboxylic acid groups (broad SMARTS) is 1. The minimum Gasteiger partial charge on any atom is -0.480 e. The zero-order chi connectivity index (χ0) is 18.6. The van der Waals surface area contributed by atoms with Gasteiger partial charge in [-0.15, -0.1) is 0 Å². The predicted octanol–water partition coefficient (Wildman–Crippen LogP) is 1.97. The van der Waals surface area contributed by atoms with Gasteiger partial charge in [-0.3, -0.25) is 9.69 Å². The van der Waals surface area contributed by atoms with Crippen LogP contribution in [0.5, 0.6) is 0 Å². The van der Waals surface area contributed by atoms with Gasteiger partial charge in [0.15, 0.2) is 0 Å². The third-order valence-electron chi connectivity index (χ3n) is 4.64. The number of hydrogen-bond acceptors (Lipinski definition) is 5. The first-order chi connectivity index (χ1) is 11.9. The van der Waals surface area contributed by atoms with Crippen LogP contribution in [0.1, 0.15) is 37.6 Å². The minimum atomic E-state index is -0.868. The number of carboxylic acids is 1. The van der Waals surface area contributed by atoms with Crippen molar-refractivity contribution in [1.29, 1.82) is 0 Å². The van der Waals surface area contributed by atoms with Gasteiger partial charge in [0.25, 0.3) is 5.91 Å². The molecule has 2 rings (SSSR count). The van der Waals surface area contributed by atoms with E-state index < -0.39 is 12.0 Å². The summed E-state index contributed by atoms with van der Waals surface area (Å²) in [6.45, 7) is 9.32. The van der Waals surface area contributed by atoms with Crippen molar-refractivity contribution >= 4 is 33.6 Å². The second-order valence-corrected chi connectivity index (χ2v) is 6.97. The molecule has 2 N–H and O–H groups in total. The first-order valence-electron chi connectivity index (χ1n) is 8.56. The van der Waals surface area contributed by atoms with Crippen molar-refractivity contribution in [2.45, 2.75) is 39.3 Å². The molecule has 8 heteroatoms. The number of aromatic nitrogens is 1. The molecular weight excluding hydrogens is 388 g/mol. The largest absolute Gasteiger partial charge is 0.480 e. The van der Waals surface area contributed by atoms with E-state index >= 15 is 0 Å². The van der Waals surface area contributed by atoms with Gasteiger partial charge in [0.2, 0.25) is 0 Å². The van der Waals surface area contributed by atoms with E-state index in [2.05, 4.69) is 51.9 Å². The van der Waals surface area contributed by atoms with Crippen LogP contribution < -0.4 is 10.2 Å². The van der Waals surface area contributed by atoms with Crippen molar-refractivity contribution in [2.24, 2.45) is 0 Å². The summed E-state index contributed by atoms with van der Waals surface area (Å²) in [5, 5.41) is 12.1. The predicted molar refractivity (Wildman–Crippen MR) is 100 cm³/mol. The number of pyridine rings is 1. The van der Waals surface area contributed by atoms with Gasteiger partial charge >= 0.3 is 5.97 Å². The summed E-state index contributed by atoms with van der Waals surface area (Å²) >= 11 is 3.31. The van der Waals surface area contributed by atoms with Crippen molar-refractivity contribution in [1.82, 2.24) is 15.2 Å². The molecule has 0 saturated carbocycles. The van der Waals surface area contributed by atoms with E-state index in [1.807, 2.05) is 0 Å². The van der Waals surface area contributed by atoms with Crippen LogP contribution in [0.25, 0.3) is 0 Å². The Balaban J connectivity index is 2.06. The number of halogens is 1. The van der Waals surface area contributed by atoms with Gasteiger partial charge < -0.3 is 15.3 Å².